The number of thioether (sulfide) groups is 1. The molecule has 2 N–H and O–H groups in total. The maximum atomic E-state index is 12.5. The van der Waals surface area contributed by atoms with Crippen molar-refractivity contribution in [1.29, 1.82) is 0 Å². The van der Waals surface area contributed by atoms with E-state index >= 15 is 0 Å². The van der Waals surface area contributed by atoms with Crippen molar-refractivity contribution in [3.05, 3.63) is 96.1 Å². The molecular weight excluding hydrogens is 486 g/mol. The first-order valence-corrected chi connectivity index (χ1v) is 12.5. The Labute approximate surface area is 219 Å². The highest BCUT2D eigenvalue weighted by Crippen LogP contribution is 2.29. The van der Waals surface area contributed by atoms with Crippen LogP contribution in [0.25, 0.3) is 17.1 Å². The zero-order valence-electron chi connectivity index (χ0n) is 20.6. The number of nitrogens with zero attached hydrogens (tertiary/aromatic N) is 4. The molecule has 1 amide bonds. The number of carbonyl (C=O) groups is 1. The monoisotopic (exact) mass is 513 g/mol. The number of para-hydroxylation sites is 1. The summed E-state index contributed by atoms with van der Waals surface area (Å²) in [6, 6.07) is 20.9. The van der Waals surface area contributed by atoms with Crippen molar-refractivity contribution >= 4 is 23.9 Å². The van der Waals surface area contributed by atoms with Crippen LogP contribution in [0.5, 0.6) is 11.5 Å². The molecule has 8 nitrogen and oxygen atoms in total. The van der Waals surface area contributed by atoms with Gasteiger partial charge < -0.3 is 9.84 Å². The SMILES string of the molecule is C=CCc1cccc(/C=N/NC(=O)CSc2nnc(-c3ccc(C)cc3)n2-c2ccc(OC)cc2)c1O. The Kier molecular flexibility index (Phi) is 8.37. The topological polar surface area (TPSA) is 102 Å². The molecular formula is C28H27N5O3S. The minimum Gasteiger partial charge on any atom is -0.507 e. The molecule has 188 valence electrons. The third-order valence-electron chi connectivity index (χ3n) is 5.51. The zero-order chi connectivity index (χ0) is 26.2. The van der Waals surface area contributed by atoms with Crippen molar-refractivity contribution in [2.75, 3.05) is 12.9 Å². The molecule has 1 aromatic heterocycles. The quantitative estimate of drug-likeness (QED) is 0.135. The molecule has 4 aromatic rings. The van der Waals surface area contributed by atoms with Gasteiger partial charge >= 0.3 is 0 Å². The number of hydrogen-bond acceptors (Lipinski definition) is 7. The van der Waals surface area contributed by atoms with E-state index in [0.717, 1.165) is 28.1 Å². The van der Waals surface area contributed by atoms with Gasteiger partial charge in [0.2, 0.25) is 0 Å². The molecule has 0 radical (unpaired) electrons. The molecule has 0 saturated carbocycles. The zero-order valence-corrected chi connectivity index (χ0v) is 21.4. The minimum absolute atomic E-state index is 0.0714. The van der Waals surface area contributed by atoms with Crippen LogP contribution in [0, 0.1) is 6.92 Å². The van der Waals surface area contributed by atoms with Gasteiger partial charge in [-0.1, -0.05) is 59.8 Å². The van der Waals surface area contributed by atoms with Crippen molar-refractivity contribution < 1.29 is 14.6 Å². The lowest BCUT2D eigenvalue weighted by Gasteiger charge is -2.11. The molecule has 9 heteroatoms. The number of phenolic OH excluding ortho intramolecular Hbond substituents is 1. The fourth-order valence-electron chi connectivity index (χ4n) is 3.59. The van der Waals surface area contributed by atoms with E-state index in [4.69, 9.17) is 4.74 Å². The fourth-order valence-corrected chi connectivity index (χ4v) is 4.33. The molecule has 0 atom stereocenters. The lowest BCUT2D eigenvalue weighted by molar-refractivity contribution is -0.118. The third-order valence-corrected chi connectivity index (χ3v) is 6.44. The molecule has 0 aliphatic rings. The van der Waals surface area contributed by atoms with E-state index < -0.39 is 0 Å². The van der Waals surface area contributed by atoms with E-state index in [0.29, 0.717) is 23.0 Å². The Morgan fingerprint density at radius 2 is 1.89 bits per heavy atom. The summed E-state index contributed by atoms with van der Waals surface area (Å²) < 4.78 is 7.20. The van der Waals surface area contributed by atoms with Gasteiger partial charge in [-0.2, -0.15) is 5.10 Å². The number of ether oxygens (including phenoxy) is 1. The molecule has 0 fully saturated rings. The van der Waals surface area contributed by atoms with Gasteiger partial charge in [0.1, 0.15) is 11.5 Å². The Balaban J connectivity index is 1.50. The molecule has 0 unspecified atom stereocenters. The summed E-state index contributed by atoms with van der Waals surface area (Å²) in [5.41, 5.74) is 6.65. The second-order valence-electron chi connectivity index (χ2n) is 8.14. The van der Waals surface area contributed by atoms with E-state index in [1.165, 1.54) is 18.0 Å². The summed E-state index contributed by atoms with van der Waals surface area (Å²) in [6.07, 6.45) is 3.67. The number of phenols is 1. The average Bonchev–Trinajstić information content (AvgIpc) is 3.34. The largest absolute Gasteiger partial charge is 0.507 e. The number of allylic oxidation sites excluding steroid dienone is 1. The van der Waals surface area contributed by atoms with Crippen LogP contribution in [0.1, 0.15) is 16.7 Å². The highest BCUT2D eigenvalue weighted by Gasteiger charge is 2.17. The fraction of sp³-hybridized carbons (Fsp3) is 0.143. The van der Waals surface area contributed by atoms with Crippen LogP contribution in [-0.2, 0) is 11.2 Å². The lowest BCUT2D eigenvalue weighted by Crippen LogP contribution is -2.20. The van der Waals surface area contributed by atoms with E-state index in [1.54, 1.807) is 19.3 Å². The van der Waals surface area contributed by atoms with Gasteiger partial charge in [0.05, 0.1) is 19.1 Å². The van der Waals surface area contributed by atoms with Gasteiger partial charge in [0.15, 0.2) is 11.0 Å². The third kappa shape index (κ3) is 6.25. The number of amides is 1. The standard InChI is InChI=1S/C28H27N5O3S/c1-4-6-20-7-5-8-22(26(20)35)17-29-30-25(34)18-37-28-32-31-27(21-11-9-19(2)10-12-21)33(28)23-13-15-24(36-3)16-14-23/h4-5,7-17,35H,1,6,18H2,2-3H3,(H,30,34)/b29-17+. The summed E-state index contributed by atoms with van der Waals surface area (Å²) >= 11 is 1.25. The minimum atomic E-state index is -0.316. The van der Waals surface area contributed by atoms with Crippen molar-refractivity contribution in [2.45, 2.75) is 18.5 Å². The van der Waals surface area contributed by atoms with E-state index in [2.05, 4.69) is 27.3 Å². The number of nitrogens with one attached hydrogen (secondary N) is 1. The van der Waals surface area contributed by atoms with Crippen molar-refractivity contribution in [3.63, 3.8) is 0 Å². The Hall–Kier alpha value is -4.37. The van der Waals surface area contributed by atoms with Crippen LogP contribution in [0.3, 0.4) is 0 Å². The summed E-state index contributed by atoms with van der Waals surface area (Å²) in [6.45, 7) is 5.72. The van der Waals surface area contributed by atoms with Crippen LogP contribution in [0.4, 0.5) is 0 Å². The summed E-state index contributed by atoms with van der Waals surface area (Å²) in [5, 5.41) is 23.7. The molecule has 0 aliphatic heterocycles. The summed E-state index contributed by atoms with van der Waals surface area (Å²) in [4.78, 5) is 12.5. The van der Waals surface area contributed by atoms with Crippen LogP contribution >= 0.6 is 11.8 Å². The van der Waals surface area contributed by atoms with Gasteiger partial charge in [0, 0.05) is 16.8 Å². The molecule has 0 aliphatic carbocycles. The van der Waals surface area contributed by atoms with Gasteiger partial charge in [-0.05, 0) is 49.2 Å². The molecule has 1 heterocycles. The van der Waals surface area contributed by atoms with Gasteiger partial charge in [-0.25, -0.2) is 5.43 Å². The first-order valence-electron chi connectivity index (χ1n) is 11.5. The predicted molar refractivity (Wildman–Crippen MR) is 147 cm³/mol. The van der Waals surface area contributed by atoms with Gasteiger partial charge in [-0.3, -0.25) is 9.36 Å². The lowest BCUT2D eigenvalue weighted by atomic mass is 10.1. The second-order valence-corrected chi connectivity index (χ2v) is 9.08. The van der Waals surface area contributed by atoms with E-state index in [1.807, 2.05) is 72.2 Å². The molecule has 0 bridgehead atoms. The predicted octanol–water partition coefficient (Wildman–Crippen LogP) is 4.93. The number of rotatable bonds is 10. The normalized spacial score (nSPS) is 11.0. The number of aromatic nitrogens is 3. The molecule has 37 heavy (non-hydrogen) atoms. The molecule has 0 saturated heterocycles. The Morgan fingerprint density at radius 1 is 1.14 bits per heavy atom. The number of benzene rings is 3. The number of methoxy groups -OCH3 is 1. The van der Waals surface area contributed by atoms with Crippen LogP contribution in [0.2, 0.25) is 0 Å². The Bertz CT molecular complexity index is 1410. The van der Waals surface area contributed by atoms with Gasteiger partial charge in [0.25, 0.3) is 5.91 Å². The average molecular weight is 514 g/mol. The van der Waals surface area contributed by atoms with E-state index in [-0.39, 0.29) is 17.4 Å². The Morgan fingerprint density at radius 3 is 2.59 bits per heavy atom. The smallest absolute Gasteiger partial charge is 0.250 e. The maximum Gasteiger partial charge on any atom is 0.250 e. The molecule has 3 aromatic carbocycles. The first-order chi connectivity index (χ1) is 18.0. The molecule has 4 rings (SSSR count). The highest BCUT2D eigenvalue weighted by molar-refractivity contribution is 7.99. The first kappa shape index (κ1) is 25.7. The molecule has 0 spiro atoms. The summed E-state index contributed by atoms with van der Waals surface area (Å²) in [5.74, 6) is 1.28. The maximum absolute atomic E-state index is 12.5. The summed E-state index contributed by atoms with van der Waals surface area (Å²) in [7, 11) is 1.62. The van der Waals surface area contributed by atoms with Crippen molar-refractivity contribution in [1.82, 2.24) is 20.2 Å². The van der Waals surface area contributed by atoms with E-state index in [9.17, 15) is 9.90 Å². The van der Waals surface area contributed by atoms with Crippen molar-refractivity contribution in [2.24, 2.45) is 5.10 Å². The van der Waals surface area contributed by atoms with Crippen molar-refractivity contribution in [3.8, 4) is 28.6 Å². The van der Waals surface area contributed by atoms with Crippen LogP contribution in [-0.4, -0.2) is 44.9 Å². The number of carbonyl (C=O) groups excluding carboxylic acids is 1. The number of hydrogen-bond donors (Lipinski definition) is 2. The highest BCUT2D eigenvalue weighted by atomic mass is 32.2. The number of hydrazone groups is 1. The number of aryl methyl sites for hydroxylation is 1. The number of aromatic hydroxyl groups is 1. The van der Waals surface area contributed by atoms with Crippen LogP contribution in [0.15, 0.2) is 89.6 Å². The van der Waals surface area contributed by atoms with Gasteiger partial charge in [-0.15, -0.1) is 16.8 Å². The second kappa shape index (κ2) is 12.0. The van der Waals surface area contributed by atoms with Crippen LogP contribution < -0.4 is 10.2 Å².